The van der Waals surface area contributed by atoms with Gasteiger partial charge in [-0.05, 0) is 36.8 Å². The number of benzene rings is 1. The maximum atomic E-state index is 4.39. The summed E-state index contributed by atoms with van der Waals surface area (Å²) in [5.41, 5.74) is 3.00. The van der Waals surface area contributed by atoms with Crippen LogP contribution in [0.2, 0.25) is 0 Å². The minimum atomic E-state index is 0. The molecule has 25 heavy (non-hydrogen) atoms. The first-order chi connectivity index (χ1) is 11.8. The Hall–Kier alpha value is -1.08. The van der Waals surface area contributed by atoms with Gasteiger partial charge in [0.05, 0.1) is 0 Å². The van der Waals surface area contributed by atoms with E-state index in [0.717, 1.165) is 51.3 Å². The first-order valence-corrected chi connectivity index (χ1v) is 9.23. The second-order valence-corrected chi connectivity index (χ2v) is 6.79. The molecule has 2 N–H and O–H groups in total. The van der Waals surface area contributed by atoms with E-state index in [9.17, 15) is 0 Å². The van der Waals surface area contributed by atoms with Gasteiger partial charge in [0, 0.05) is 38.8 Å². The van der Waals surface area contributed by atoms with Crippen LogP contribution in [-0.2, 0) is 13.0 Å². The Morgan fingerprint density at radius 3 is 2.64 bits per heavy atom. The number of rotatable bonds is 5. The summed E-state index contributed by atoms with van der Waals surface area (Å²) in [6.07, 6.45) is 8.99. The molecule has 3 rings (SSSR count). The molecular weight excluding hydrogens is 423 g/mol. The lowest BCUT2D eigenvalue weighted by Gasteiger charge is -2.35. The molecule has 138 valence electrons. The van der Waals surface area contributed by atoms with Gasteiger partial charge in [0.15, 0.2) is 5.96 Å². The molecule has 1 atom stereocenters. The van der Waals surface area contributed by atoms with E-state index < -0.39 is 0 Å². The number of hydrogen-bond donors (Lipinski definition) is 2. The van der Waals surface area contributed by atoms with Gasteiger partial charge in [-0.2, -0.15) is 0 Å². The summed E-state index contributed by atoms with van der Waals surface area (Å²) in [6.45, 7) is 5.44. The molecule has 0 spiro atoms. The van der Waals surface area contributed by atoms with E-state index in [1.165, 1.54) is 11.1 Å². The summed E-state index contributed by atoms with van der Waals surface area (Å²) in [7, 11) is 1.86. The quantitative estimate of drug-likeness (QED) is 0.311. The number of hydrogen-bond acceptors (Lipinski definition) is 2. The molecule has 5 heteroatoms. The second-order valence-electron chi connectivity index (χ2n) is 6.79. The molecule has 0 amide bonds. The van der Waals surface area contributed by atoms with Crippen LogP contribution in [0.4, 0.5) is 0 Å². The molecule has 1 unspecified atom stereocenters. The normalized spacial score (nSPS) is 19.2. The molecule has 0 radical (unpaired) electrons. The van der Waals surface area contributed by atoms with Crippen LogP contribution >= 0.6 is 24.0 Å². The molecule has 1 aliphatic heterocycles. The topological polar surface area (TPSA) is 39.7 Å². The lowest BCUT2D eigenvalue weighted by atomic mass is 9.98. The number of guanidine groups is 1. The molecule has 4 nitrogen and oxygen atoms in total. The Kier molecular flexibility index (Phi) is 8.22. The summed E-state index contributed by atoms with van der Waals surface area (Å²) < 4.78 is 0. The fourth-order valence-electron chi connectivity index (χ4n) is 3.70. The highest BCUT2D eigenvalue weighted by molar-refractivity contribution is 14.0. The Bertz CT molecular complexity index is 591. The van der Waals surface area contributed by atoms with Gasteiger partial charge in [-0.1, -0.05) is 43.3 Å². The van der Waals surface area contributed by atoms with Gasteiger partial charge in [0.2, 0.25) is 0 Å². The zero-order valence-corrected chi connectivity index (χ0v) is 17.7. The molecule has 0 saturated heterocycles. The van der Waals surface area contributed by atoms with Gasteiger partial charge in [-0.3, -0.25) is 9.89 Å². The highest BCUT2D eigenvalue weighted by Crippen LogP contribution is 2.21. The standard InChI is InChI=1S/C20H30N4.HI/c1-3-19(14-22-20(21-2)23-18-10-6-7-11-18)24-13-12-16-8-4-5-9-17(16)15-24;/h4-9,18-19H,3,10-15H2,1-2H3,(H2,21,22,23);1H. The van der Waals surface area contributed by atoms with E-state index in [-0.39, 0.29) is 24.0 Å². The molecule has 0 bridgehead atoms. The first-order valence-electron chi connectivity index (χ1n) is 9.23. The highest BCUT2D eigenvalue weighted by atomic mass is 127. The van der Waals surface area contributed by atoms with Crippen molar-refractivity contribution in [2.45, 2.75) is 51.2 Å². The van der Waals surface area contributed by atoms with Gasteiger partial charge >= 0.3 is 0 Å². The number of aliphatic imine (C=N–C) groups is 1. The van der Waals surface area contributed by atoms with Crippen molar-refractivity contribution in [2.24, 2.45) is 4.99 Å². The molecule has 1 heterocycles. The average molecular weight is 454 g/mol. The van der Waals surface area contributed by atoms with Crippen LogP contribution in [-0.4, -0.2) is 43.1 Å². The highest BCUT2D eigenvalue weighted by Gasteiger charge is 2.22. The van der Waals surface area contributed by atoms with E-state index in [4.69, 9.17) is 0 Å². The van der Waals surface area contributed by atoms with Crippen LogP contribution in [0.5, 0.6) is 0 Å². The third-order valence-electron chi connectivity index (χ3n) is 5.23. The fraction of sp³-hybridized carbons (Fsp3) is 0.550. The van der Waals surface area contributed by atoms with Crippen molar-refractivity contribution in [3.63, 3.8) is 0 Å². The van der Waals surface area contributed by atoms with Crippen molar-refractivity contribution in [3.8, 4) is 0 Å². The third-order valence-corrected chi connectivity index (χ3v) is 5.23. The molecule has 2 aliphatic rings. The van der Waals surface area contributed by atoms with Gasteiger partial charge in [-0.15, -0.1) is 24.0 Å². The van der Waals surface area contributed by atoms with Crippen LogP contribution in [0.3, 0.4) is 0 Å². The average Bonchev–Trinajstić information content (AvgIpc) is 3.14. The van der Waals surface area contributed by atoms with Crippen molar-refractivity contribution in [2.75, 3.05) is 20.1 Å². The summed E-state index contributed by atoms with van der Waals surface area (Å²) in [5, 5.41) is 7.06. The number of halogens is 1. The van der Waals surface area contributed by atoms with Crippen LogP contribution in [0.1, 0.15) is 37.3 Å². The molecule has 1 aliphatic carbocycles. The Morgan fingerprint density at radius 2 is 1.96 bits per heavy atom. The van der Waals surface area contributed by atoms with E-state index in [2.05, 4.69) is 63.9 Å². The molecule has 1 aromatic carbocycles. The minimum Gasteiger partial charge on any atom is -0.355 e. The van der Waals surface area contributed by atoms with Gasteiger partial charge in [0.25, 0.3) is 0 Å². The third kappa shape index (κ3) is 5.45. The lowest BCUT2D eigenvalue weighted by Crippen LogP contribution is -2.49. The van der Waals surface area contributed by atoms with Gasteiger partial charge in [-0.25, -0.2) is 0 Å². The predicted molar refractivity (Wildman–Crippen MR) is 117 cm³/mol. The molecule has 0 saturated carbocycles. The molecular formula is C20H31IN4. The van der Waals surface area contributed by atoms with Crippen LogP contribution in [0.15, 0.2) is 41.4 Å². The first kappa shape index (κ1) is 20.2. The van der Waals surface area contributed by atoms with E-state index in [1.807, 2.05) is 7.05 Å². The van der Waals surface area contributed by atoms with Crippen LogP contribution < -0.4 is 10.6 Å². The van der Waals surface area contributed by atoms with Crippen molar-refractivity contribution in [3.05, 3.63) is 47.5 Å². The van der Waals surface area contributed by atoms with Gasteiger partial charge < -0.3 is 10.6 Å². The Morgan fingerprint density at radius 1 is 1.24 bits per heavy atom. The van der Waals surface area contributed by atoms with Gasteiger partial charge in [0.1, 0.15) is 0 Å². The maximum absolute atomic E-state index is 4.39. The summed E-state index contributed by atoms with van der Waals surface area (Å²) in [5.74, 6) is 0.930. The maximum Gasteiger partial charge on any atom is 0.191 e. The Labute approximate surface area is 169 Å². The summed E-state index contributed by atoms with van der Waals surface area (Å²) >= 11 is 0. The summed E-state index contributed by atoms with van der Waals surface area (Å²) in [4.78, 5) is 7.00. The number of fused-ring (bicyclic) bond motifs is 1. The Balaban J connectivity index is 0.00000225. The van der Waals surface area contributed by atoms with E-state index in [1.54, 1.807) is 0 Å². The van der Waals surface area contributed by atoms with Crippen molar-refractivity contribution in [1.82, 2.24) is 15.5 Å². The zero-order valence-electron chi connectivity index (χ0n) is 15.4. The molecule has 0 fully saturated rings. The number of nitrogens with zero attached hydrogens (tertiary/aromatic N) is 2. The predicted octanol–water partition coefficient (Wildman–Crippen LogP) is 3.32. The number of nitrogens with one attached hydrogen (secondary N) is 2. The smallest absolute Gasteiger partial charge is 0.191 e. The molecule has 0 aromatic heterocycles. The van der Waals surface area contributed by atoms with Crippen molar-refractivity contribution < 1.29 is 0 Å². The van der Waals surface area contributed by atoms with Crippen LogP contribution in [0, 0.1) is 0 Å². The minimum absolute atomic E-state index is 0. The van der Waals surface area contributed by atoms with Crippen LogP contribution in [0.25, 0.3) is 0 Å². The monoisotopic (exact) mass is 454 g/mol. The van der Waals surface area contributed by atoms with E-state index >= 15 is 0 Å². The fourth-order valence-corrected chi connectivity index (χ4v) is 3.70. The zero-order chi connectivity index (χ0) is 16.8. The largest absolute Gasteiger partial charge is 0.355 e. The van der Waals surface area contributed by atoms with Crippen molar-refractivity contribution >= 4 is 29.9 Å². The second kappa shape index (κ2) is 10.2. The van der Waals surface area contributed by atoms with Crippen molar-refractivity contribution in [1.29, 1.82) is 0 Å². The lowest BCUT2D eigenvalue weighted by molar-refractivity contribution is 0.174. The van der Waals surface area contributed by atoms with E-state index in [0.29, 0.717) is 12.1 Å². The summed E-state index contributed by atoms with van der Waals surface area (Å²) in [6, 6.07) is 9.89. The SMILES string of the molecule is CCC(CNC(=NC)NC1CC=CC1)N1CCc2ccccc2C1.I. The molecule has 1 aromatic rings.